The van der Waals surface area contributed by atoms with Crippen molar-refractivity contribution in [1.29, 1.82) is 0 Å². The molecule has 0 heterocycles. The van der Waals surface area contributed by atoms with Crippen LogP contribution in [-0.2, 0) is 9.53 Å². The predicted molar refractivity (Wildman–Crippen MR) is 41.2 cm³/mol. The quantitative estimate of drug-likeness (QED) is 0.451. The van der Waals surface area contributed by atoms with Crippen LogP contribution in [0.4, 0.5) is 0 Å². The normalized spacial score (nSPS) is 19.2. The summed E-state index contributed by atoms with van der Waals surface area (Å²) >= 11 is 0. The molecule has 1 fully saturated rings. The molecule has 0 aromatic heterocycles. The minimum atomic E-state index is 0. The number of rotatable bonds is 2. The summed E-state index contributed by atoms with van der Waals surface area (Å²) in [5.41, 5.74) is 0. The van der Waals surface area contributed by atoms with Gasteiger partial charge in [-0.15, -0.1) is 0 Å². The second-order valence-electron chi connectivity index (χ2n) is 2.49. The summed E-state index contributed by atoms with van der Waals surface area (Å²) in [5, 5.41) is 0. The molecule has 0 aromatic rings. The maximum absolute atomic E-state index is 9.85. The second-order valence-corrected chi connectivity index (χ2v) is 2.49. The fourth-order valence-electron chi connectivity index (χ4n) is 1.28. The molecule has 0 bridgehead atoms. The molecule has 0 amide bonds. The van der Waals surface area contributed by atoms with Crippen molar-refractivity contribution in [3.05, 3.63) is 0 Å². The van der Waals surface area contributed by atoms with Crippen molar-refractivity contribution in [1.82, 2.24) is 0 Å². The standard InChI is InChI=1S/C7H12O2.K.H/c8-6-9-7-4-2-1-3-5-7;;/h6-7H,1-5H2;;. The van der Waals surface area contributed by atoms with Crippen LogP contribution in [-0.4, -0.2) is 64.0 Å². The molecule has 1 aliphatic carbocycles. The molecule has 54 valence electrons. The number of carbonyl (C=O) groups excluding carboxylic acids is 1. The Morgan fingerprint density at radius 3 is 2.30 bits per heavy atom. The van der Waals surface area contributed by atoms with E-state index in [4.69, 9.17) is 4.74 Å². The van der Waals surface area contributed by atoms with Gasteiger partial charge in [0.1, 0.15) is 6.10 Å². The van der Waals surface area contributed by atoms with Crippen LogP contribution in [0.15, 0.2) is 0 Å². The van der Waals surface area contributed by atoms with Crippen LogP contribution < -0.4 is 0 Å². The molecular formula is C7H13KO2. The average molecular weight is 168 g/mol. The van der Waals surface area contributed by atoms with Crippen LogP contribution in [0.2, 0.25) is 0 Å². The molecule has 0 radical (unpaired) electrons. The molecule has 0 unspecified atom stereocenters. The van der Waals surface area contributed by atoms with E-state index in [9.17, 15) is 4.79 Å². The van der Waals surface area contributed by atoms with Crippen molar-refractivity contribution in [2.24, 2.45) is 0 Å². The second kappa shape index (κ2) is 6.79. The first kappa shape index (κ1) is 11.1. The van der Waals surface area contributed by atoms with Gasteiger partial charge >= 0.3 is 51.4 Å². The topological polar surface area (TPSA) is 26.3 Å². The summed E-state index contributed by atoms with van der Waals surface area (Å²) in [5.74, 6) is 0. The molecule has 1 saturated carbocycles. The van der Waals surface area contributed by atoms with Crippen LogP contribution in [0.1, 0.15) is 32.1 Å². The van der Waals surface area contributed by atoms with E-state index in [1.54, 1.807) is 0 Å². The van der Waals surface area contributed by atoms with Crippen molar-refractivity contribution < 1.29 is 9.53 Å². The van der Waals surface area contributed by atoms with Gasteiger partial charge in [0, 0.05) is 0 Å². The molecule has 1 aliphatic rings. The molecule has 0 spiro atoms. The van der Waals surface area contributed by atoms with E-state index in [2.05, 4.69) is 0 Å². The summed E-state index contributed by atoms with van der Waals surface area (Å²) in [4.78, 5) is 9.85. The van der Waals surface area contributed by atoms with Crippen molar-refractivity contribution in [3.63, 3.8) is 0 Å². The van der Waals surface area contributed by atoms with E-state index < -0.39 is 0 Å². The van der Waals surface area contributed by atoms with Crippen LogP contribution in [0.25, 0.3) is 0 Å². The SMILES string of the molecule is O=COC1CCCCC1.[KH]. The fourth-order valence-corrected chi connectivity index (χ4v) is 1.28. The van der Waals surface area contributed by atoms with Gasteiger partial charge < -0.3 is 4.74 Å². The monoisotopic (exact) mass is 168 g/mol. The van der Waals surface area contributed by atoms with E-state index in [1.807, 2.05) is 0 Å². The van der Waals surface area contributed by atoms with E-state index in [1.165, 1.54) is 19.3 Å². The summed E-state index contributed by atoms with van der Waals surface area (Å²) in [6.07, 6.45) is 6.11. The Labute approximate surface area is 104 Å². The molecule has 1 rings (SSSR count). The molecule has 0 N–H and O–H groups in total. The zero-order chi connectivity index (χ0) is 6.53. The van der Waals surface area contributed by atoms with Crippen molar-refractivity contribution >= 4 is 57.9 Å². The van der Waals surface area contributed by atoms with Gasteiger partial charge in [-0.3, -0.25) is 4.79 Å². The number of ether oxygens (including phenoxy) is 1. The Balaban J connectivity index is 0.000000810. The van der Waals surface area contributed by atoms with Gasteiger partial charge in [0.15, 0.2) is 0 Å². The number of hydrogen-bond acceptors (Lipinski definition) is 2. The van der Waals surface area contributed by atoms with Crippen molar-refractivity contribution in [3.8, 4) is 0 Å². The summed E-state index contributed by atoms with van der Waals surface area (Å²) < 4.78 is 4.80. The van der Waals surface area contributed by atoms with Crippen LogP contribution in [0.3, 0.4) is 0 Å². The number of hydrogen-bond donors (Lipinski definition) is 0. The Morgan fingerprint density at radius 2 is 1.80 bits per heavy atom. The maximum atomic E-state index is 9.85. The predicted octanol–water partition coefficient (Wildman–Crippen LogP) is 0.844. The molecule has 0 saturated heterocycles. The molecule has 0 atom stereocenters. The first-order valence-corrected chi connectivity index (χ1v) is 3.52. The molecular weight excluding hydrogens is 155 g/mol. The van der Waals surface area contributed by atoms with Gasteiger partial charge in [-0.2, -0.15) is 0 Å². The summed E-state index contributed by atoms with van der Waals surface area (Å²) in [6.45, 7) is 0.565. The summed E-state index contributed by atoms with van der Waals surface area (Å²) in [7, 11) is 0. The van der Waals surface area contributed by atoms with Crippen molar-refractivity contribution in [2.45, 2.75) is 38.2 Å². The molecule has 10 heavy (non-hydrogen) atoms. The average Bonchev–Trinajstić information content (AvgIpc) is 1.91. The Morgan fingerprint density at radius 1 is 1.20 bits per heavy atom. The van der Waals surface area contributed by atoms with Crippen LogP contribution in [0.5, 0.6) is 0 Å². The number of carbonyl (C=O) groups is 1. The third-order valence-corrected chi connectivity index (χ3v) is 1.80. The first-order chi connectivity index (χ1) is 4.43. The van der Waals surface area contributed by atoms with Gasteiger partial charge in [0.2, 0.25) is 0 Å². The molecule has 2 nitrogen and oxygen atoms in total. The van der Waals surface area contributed by atoms with E-state index in [-0.39, 0.29) is 57.5 Å². The van der Waals surface area contributed by atoms with E-state index in [0.29, 0.717) is 6.47 Å². The molecule has 0 aromatic carbocycles. The third kappa shape index (κ3) is 4.08. The van der Waals surface area contributed by atoms with Crippen molar-refractivity contribution in [2.75, 3.05) is 0 Å². The first-order valence-electron chi connectivity index (χ1n) is 3.52. The van der Waals surface area contributed by atoms with Gasteiger partial charge in [-0.25, -0.2) is 0 Å². The third-order valence-electron chi connectivity index (χ3n) is 1.80. The van der Waals surface area contributed by atoms with Crippen LogP contribution >= 0.6 is 0 Å². The fraction of sp³-hybridized carbons (Fsp3) is 0.857. The Bertz CT molecular complexity index is 89.6. The zero-order valence-electron chi connectivity index (χ0n) is 5.51. The van der Waals surface area contributed by atoms with E-state index >= 15 is 0 Å². The van der Waals surface area contributed by atoms with E-state index in [0.717, 1.165) is 12.8 Å². The Kier molecular flexibility index (Phi) is 7.55. The molecule has 3 heteroatoms. The Hall–Kier alpha value is 1.11. The summed E-state index contributed by atoms with van der Waals surface area (Å²) in [6, 6.07) is 0. The minimum absolute atomic E-state index is 0. The van der Waals surface area contributed by atoms with Gasteiger partial charge in [-0.05, 0) is 25.7 Å². The van der Waals surface area contributed by atoms with Gasteiger partial charge in [0.25, 0.3) is 6.47 Å². The zero-order valence-corrected chi connectivity index (χ0v) is 5.51. The molecule has 0 aliphatic heterocycles. The van der Waals surface area contributed by atoms with Gasteiger partial charge in [0.05, 0.1) is 0 Å². The van der Waals surface area contributed by atoms with Crippen LogP contribution in [0, 0.1) is 0 Å². The van der Waals surface area contributed by atoms with Gasteiger partial charge in [-0.1, -0.05) is 6.42 Å².